The highest BCUT2D eigenvalue weighted by atomic mass is 19.1. The number of aliphatic hydroxyl groups is 1. The first kappa shape index (κ1) is 10.6. The minimum atomic E-state index is -0.679. The molecule has 0 amide bonds. The van der Waals surface area contributed by atoms with Crippen molar-refractivity contribution in [1.82, 2.24) is 0 Å². The van der Waals surface area contributed by atoms with E-state index in [1.807, 2.05) is 12.2 Å². The number of rotatable bonds is 6. The van der Waals surface area contributed by atoms with Gasteiger partial charge in [-0.25, -0.2) is 4.39 Å². The van der Waals surface area contributed by atoms with Crippen LogP contribution in [0, 0.1) is 0 Å². The molecule has 1 atom stereocenters. The number of hydrogen-bond acceptors (Lipinski definition) is 1. The molecule has 0 radical (unpaired) electrons. The molecular weight excluding hydrogens is 143 g/mol. The maximum absolute atomic E-state index is 12.2. The molecule has 0 aliphatic rings. The van der Waals surface area contributed by atoms with Gasteiger partial charge in [-0.2, -0.15) is 0 Å². The fraction of sp³-hybridized carbons (Fsp3) is 0.778. The van der Waals surface area contributed by atoms with Gasteiger partial charge in [0.1, 0.15) is 0 Å². The third-order valence-electron chi connectivity index (χ3n) is 1.44. The Bertz CT molecular complexity index is 99.7. The summed E-state index contributed by atoms with van der Waals surface area (Å²) < 4.78 is 12.2. The van der Waals surface area contributed by atoms with Crippen LogP contribution in [-0.4, -0.2) is 17.9 Å². The summed E-state index contributed by atoms with van der Waals surface area (Å²) in [5.41, 5.74) is 0. The standard InChI is InChI=1S/C9H17FO/c1-9(10)7-5-3-2-4-6-8-11/h2,4,9,11H,3,5-8H2,1H3/b4-2-. The van der Waals surface area contributed by atoms with E-state index in [2.05, 4.69) is 0 Å². The highest BCUT2D eigenvalue weighted by Gasteiger charge is 1.94. The van der Waals surface area contributed by atoms with Gasteiger partial charge in [0.15, 0.2) is 0 Å². The first-order chi connectivity index (χ1) is 5.27. The third-order valence-corrected chi connectivity index (χ3v) is 1.44. The van der Waals surface area contributed by atoms with Gasteiger partial charge in [-0.15, -0.1) is 0 Å². The lowest BCUT2D eigenvalue weighted by Crippen LogP contribution is -1.90. The van der Waals surface area contributed by atoms with Gasteiger partial charge in [0.25, 0.3) is 0 Å². The van der Waals surface area contributed by atoms with Crippen molar-refractivity contribution in [3.8, 4) is 0 Å². The Kier molecular flexibility index (Phi) is 7.47. The van der Waals surface area contributed by atoms with E-state index in [0.29, 0.717) is 12.8 Å². The van der Waals surface area contributed by atoms with E-state index in [1.54, 1.807) is 6.92 Å². The van der Waals surface area contributed by atoms with Gasteiger partial charge in [-0.05, 0) is 32.6 Å². The van der Waals surface area contributed by atoms with Crippen LogP contribution < -0.4 is 0 Å². The van der Waals surface area contributed by atoms with E-state index in [9.17, 15) is 4.39 Å². The van der Waals surface area contributed by atoms with Crippen molar-refractivity contribution in [3.63, 3.8) is 0 Å². The fourth-order valence-electron chi connectivity index (χ4n) is 0.827. The molecule has 0 fully saturated rings. The third kappa shape index (κ3) is 9.63. The molecule has 0 saturated carbocycles. The summed E-state index contributed by atoms with van der Waals surface area (Å²) in [7, 11) is 0. The maximum atomic E-state index is 12.2. The van der Waals surface area contributed by atoms with Crippen molar-refractivity contribution in [2.45, 2.75) is 38.8 Å². The molecule has 0 saturated heterocycles. The van der Waals surface area contributed by atoms with E-state index in [1.165, 1.54) is 0 Å². The zero-order valence-corrected chi connectivity index (χ0v) is 7.09. The van der Waals surface area contributed by atoms with Gasteiger partial charge >= 0.3 is 0 Å². The number of allylic oxidation sites excluding steroid dienone is 1. The Balaban J connectivity index is 3.01. The van der Waals surface area contributed by atoms with Gasteiger partial charge in [0.05, 0.1) is 6.17 Å². The lowest BCUT2D eigenvalue weighted by molar-refractivity contribution is 0.302. The SMILES string of the molecule is CC(F)CCC/C=C\CCO. The van der Waals surface area contributed by atoms with Gasteiger partial charge in [0.2, 0.25) is 0 Å². The average molecular weight is 160 g/mol. The van der Waals surface area contributed by atoms with Crippen LogP contribution in [0.2, 0.25) is 0 Å². The number of hydrogen-bond donors (Lipinski definition) is 1. The Morgan fingerprint density at radius 1 is 1.36 bits per heavy atom. The lowest BCUT2D eigenvalue weighted by Gasteiger charge is -1.97. The summed E-state index contributed by atoms with van der Waals surface area (Å²) in [6.45, 7) is 1.79. The largest absolute Gasteiger partial charge is 0.396 e. The Hall–Kier alpha value is -0.370. The zero-order chi connectivity index (χ0) is 8.53. The van der Waals surface area contributed by atoms with Crippen molar-refractivity contribution in [2.75, 3.05) is 6.61 Å². The predicted octanol–water partition coefficient (Wildman–Crippen LogP) is 2.45. The second-order valence-electron chi connectivity index (χ2n) is 2.70. The molecule has 1 N–H and O–H groups in total. The molecule has 0 aromatic rings. The first-order valence-corrected chi connectivity index (χ1v) is 4.17. The number of aliphatic hydroxyl groups excluding tert-OH is 1. The molecule has 66 valence electrons. The monoisotopic (exact) mass is 160 g/mol. The first-order valence-electron chi connectivity index (χ1n) is 4.17. The molecular formula is C9H17FO. The number of unbranched alkanes of at least 4 members (excludes halogenated alkanes) is 1. The summed E-state index contributed by atoms with van der Waals surface area (Å²) in [5, 5.41) is 8.40. The molecule has 0 aliphatic heterocycles. The average Bonchev–Trinajstić information content (AvgIpc) is 1.96. The van der Waals surface area contributed by atoms with Crippen molar-refractivity contribution >= 4 is 0 Å². The van der Waals surface area contributed by atoms with Crippen molar-refractivity contribution in [1.29, 1.82) is 0 Å². The van der Waals surface area contributed by atoms with Crippen LogP contribution in [0.3, 0.4) is 0 Å². The minimum absolute atomic E-state index is 0.204. The Morgan fingerprint density at radius 2 is 2.00 bits per heavy atom. The molecule has 0 aliphatic carbocycles. The smallest absolute Gasteiger partial charge is 0.0973 e. The summed E-state index contributed by atoms with van der Waals surface area (Å²) in [6, 6.07) is 0. The molecule has 0 rings (SSSR count). The number of alkyl halides is 1. The number of halogens is 1. The van der Waals surface area contributed by atoms with E-state index >= 15 is 0 Å². The van der Waals surface area contributed by atoms with Gasteiger partial charge in [-0.3, -0.25) is 0 Å². The van der Waals surface area contributed by atoms with E-state index in [4.69, 9.17) is 5.11 Å². The summed E-state index contributed by atoms with van der Waals surface area (Å²) >= 11 is 0. The molecule has 0 spiro atoms. The topological polar surface area (TPSA) is 20.2 Å². The zero-order valence-electron chi connectivity index (χ0n) is 7.09. The van der Waals surface area contributed by atoms with Crippen molar-refractivity contribution in [2.24, 2.45) is 0 Å². The highest BCUT2D eigenvalue weighted by molar-refractivity contribution is 4.81. The molecule has 2 heteroatoms. The Morgan fingerprint density at radius 3 is 2.55 bits per heavy atom. The van der Waals surface area contributed by atoms with Crippen LogP contribution in [0.15, 0.2) is 12.2 Å². The highest BCUT2D eigenvalue weighted by Crippen LogP contribution is 2.03. The van der Waals surface area contributed by atoms with Crippen LogP contribution in [-0.2, 0) is 0 Å². The van der Waals surface area contributed by atoms with Crippen LogP contribution in [0.4, 0.5) is 4.39 Å². The van der Waals surface area contributed by atoms with E-state index in [0.717, 1.165) is 12.8 Å². The fourth-order valence-corrected chi connectivity index (χ4v) is 0.827. The molecule has 1 unspecified atom stereocenters. The normalized spacial score (nSPS) is 14.1. The van der Waals surface area contributed by atoms with Gasteiger partial charge < -0.3 is 5.11 Å². The second kappa shape index (κ2) is 7.73. The summed E-state index contributed by atoms with van der Waals surface area (Å²) in [4.78, 5) is 0. The van der Waals surface area contributed by atoms with E-state index in [-0.39, 0.29) is 6.61 Å². The van der Waals surface area contributed by atoms with E-state index < -0.39 is 6.17 Å². The predicted molar refractivity (Wildman–Crippen MR) is 45.3 cm³/mol. The van der Waals surface area contributed by atoms with Crippen LogP contribution in [0.5, 0.6) is 0 Å². The molecule has 0 aromatic heterocycles. The van der Waals surface area contributed by atoms with Crippen LogP contribution in [0.25, 0.3) is 0 Å². The summed E-state index contributed by atoms with van der Waals surface area (Å²) in [5.74, 6) is 0. The molecule has 1 nitrogen and oxygen atoms in total. The second-order valence-corrected chi connectivity index (χ2v) is 2.70. The molecule has 11 heavy (non-hydrogen) atoms. The molecule has 0 aromatic carbocycles. The molecule has 0 bridgehead atoms. The van der Waals surface area contributed by atoms with Crippen molar-refractivity contribution < 1.29 is 9.50 Å². The van der Waals surface area contributed by atoms with Crippen LogP contribution in [0.1, 0.15) is 32.6 Å². The lowest BCUT2D eigenvalue weighted by atomic mass is 10.2. The van der Waals surface area contributed by atoms with Gasteiger partial charge in [-0.1, -0.05) is 12.2 Å². The quantitative estimate of drug-likeness (QED) is 0.467. The van der Waals surface area contributed by atoms with Crippen LogP contribution >= 0.6 is 0 Å². The Labute approximate surface area is 67.9 Å². The van der Waals surface area contributed by atoms with Crippen molar-refractivity contribution in [3.05, 3.63) is 12.2 Å². The summed E-state index contributed by atoms with van der Waals surface area (Å²) in [6.07, 6.45) is 6.44. The molecule has 0 heterocycles. The van der Waals surface area contributed by atoms with Gasteiger partial charge in [0, 0.05) is 6.61 Å². The minimum Gasteiger partial charge on any atom is -0.396 e. The maximum Gasteiger partial charge on any atom is 0.0973 e.